The first-order valence-corrected chi connectivity index (χ1v) is 8.33. The van der Waals surface area contributed by atoms with Gasteiger partial charge in [-0.25, -0.2) is 4.79 Å². The van der Waals surface area contributed by atoms with E-state index in [1.807, 2.05) is 50.5 Å². The zero-order valence-corrected chi connectivity index (χ0v) is 15.5. The molecule has 0 saturated heterocycles. The Bertz CT molecular complexity index is 1030. The van der Waals surface area contributed by atoms with Gasteiger partial charge >= 0.3 is 12.1 Å². The van der Waals surface area contributed by atoms with Crippen LogP contribution in [0.4, 0.5) is 18.9 Å². The predicted octanol–water partition coefficient (Wildman–Crippen LogP) is 4.11. The Morgan fingerprint density at radius 3 is 2.28 bits per heavy atom. The van der Waals surface area contributed by atoms with Crippen molar-refractivity contribution in [3.05, 3.63) is 64.3 Å². The number of carboxylic acids is 1. The minimum atomic E-state index is -5.08. The monoisotopic (exact) mass is 409 g/mol. The Hall–Kier alpha value is -3.40. The first-order chi connectivity index (χ1) is 13.6. The van der Waals surface area contributed by atoms with E-state index in [9.17, 15) is 23.3 Å². The Morgan fingerprint density at radius 2 is 1.79 bits per heavy atom. The smallest absolute Gasteiger partial charge is 0.475 e. The van der Waals surface area contributed by atoms with Crippen molar-refractivity contribution in [2.45, 2.75) is 12.7 Å². The maximum atomic E-state index is 11.1. The molecule has 29 heavy (non-hydrogen) atoms. The van der Waals surface area contributed by atoms with E-state index < -0.39 is 12.1 Å². The average molecular weight is 409 g/mol. The maximum Gasteiger partial charge on any atom is 0.490 e. The molecule has 0 atom stereocenters. The minimum absolute atomic E-state index is 0.117. The summed E-state index contributed by atoms with van der Waals surface area (Å²) in [6, 6.07) is 15.0. The van der Waals surface area contributed by atoms with Gasteiger partial charge in [0.15, 0.2) is 0 Å². The zero-order chi connectivity index (χ0) is 21.8. The number of nitrogens with one attached hydrogen (secondary N) is 1. The molecule has 0 saturated carbocycles. The van der Waals surface area contributed by atoms with Crippen molar-refractivity contribution in [3.8, 4) is 11.1 Å². The number of alkyl halides is 3. The van der Waals surface area contributed by atoms with Crippen LogP contribution in [0.2, 0.25) is 0 Å². The fourth-order valence-corrected chi connectivity index (χ4v) is 2.90. The molecule has 0 aliphatic heterocycles. The number of carboxylic acid groups (broad SMARTS) is 1. The second-order valence-corrected chi connectivity index (χ2v) is 6.04. The molecule has 1 aromatic heterocycles. The number of fused-ring (bicyclic) bond motifs is 1. The second-order valence-electron chi connectivity index (χ2n) is 6.04. The predicted molar refractivity (Wildman–Crippen MR) is 101 cm³/mol. The van der Waals surface area contributed by atoms with Gasteiger partial charge in [0.2, 0.25) is 0 Å². The van der Waals surface area contributed by atoms with Crippen molar-refractivity contribution >= 4 is 22.6 Å². The van der Waals surface area contributed by atoms with Crippen molar-refractivity contribution in [2.24, 2.45) is 7.05 Å². The van der Waals surface area contributed by atoms with Crippen LogP contribution in [-0.4, -0.2) is 33.8 Å². The van der Waals surface area contributed by atoms with E-state index in [0.717, 1.165) is 27.7 Å². The molecule has 2 aromatic carbocycles. The highest BCUT2D eigenvalue weighted by Crippen LogP contribution is 2.36. The molecule has 3 aromatic rings. The number of carbonyl (C=O) groups is 1. The summed E-state index contributed by atoms with van der Waals surface area (Å²) in [6.07, 6.45) is -5.08. The summed E-state index contributed by atoms with van der Waals surface area (Å²) in [6.45, 7) is 0.698. The van der Waals surface area contributed by atoms with Crippen molar-refractivity contribution in [2.75, 3.05) is 7.05 Å². The van der Waals surface area contributed by atoms with Gasteiger partial charge in [0.05, 0.1) is 4.92 Å². The number of nitro groups is 1. The molecule has 3 rings (SSSR count). The summed E-state index contributed by atoms with van der Waals surface area (Å²) in [5, 5.41) is 22.3. The first kappa shape index (κ1) is 21.9. The van der Waals surface area contributed by atoms with E-state index in [-0.39, 0.29) is 10.6 Å². The Balaban J connectivity index is 0.000000370. The summed E-state index contributed by atoms with van der Waals surface area (Å²) in [5.74, 6) is -2.76. The summed E-state index contributed by atoms with van der Waals surface area (Å²) in [5.41, 5.74) is 4.35. The molecular weight excluding hydrogens is 391 g/mol. The fourth-order valence-electron chi connectivity index (χ4n) is 2.90. The van der Waals surface area contributed by atoms with Crippen LogP contribution < -0.4 is 5.32 Å². The van der Waals surface area contributed by atoms with Gasteiger partial charge in [-0.05, 0) is 18.7 Å². The summed E-state index contributed by atoms with van der Waals surface area (Å²) in [4.78, 5) is 19.6. The standard InChI is InChI=1S/C17H17N3O2.C2HF3O2/c1-18-11-16-17(12-6-4-3-5-7-12)14-10-13(20(21)22)8-9-15(14)19(16)2;3-2(4,5)1(6)7/h3-10,18H,11H2,1-2H3;(H,6,7). The van der Waals surface area contributed by atoms with Crippen molar-refractivity contribution < 1.29 is 28.0 Å². The molecule has 0 aliphatic carbocycles. The molecule has 1 heterocycles. The van der Waals surface area contributed by atoms with Crippen LogP contribution in [0.3, 0.4) is 0 Å². The number of aryl methyl sites for hydroxylation is 1. The lowest BCUT2D eigenvalue weighted by Gasteiger charge is -2.07. The molecule has 0 aliphatic rings. The highest BCUT2D eigenvalue weighted by atomic mass is 19.4. The number of benzene rings is 2. The highest BCUT2D eigenvalue weighted by molar-refractivity contribution is 5.99. The van der Waals surface area contributed by atoms with Crippen molar-refractivity contribution in [3.63, 3.8) is 0 Å². The number of rotatable bonds is 4. The van der Waals surface area contributed by atoms with Crippen LogP contribution in [0.5, 0.6) is 0 Å². The third kappa shape index (κ3) is 4.91. The molecule has 0 bridgehead atoms. The van der Waals surface area contributed by atoms with Gasteiger partial charge in [0.1, 0.15) is 0 Å². The van der Waals surface area contributed by atoms with Gasteiger partial charge in [-0.15, -0.1) is 0 Å². The van der Waals surface area contributed by atoms with Gasteiger partial charge < -0.3 is 15.0 Å². The number of halogens is 3. The Labute approximate surface area is 163 Å². The number of nitro benzene ring substituents is 1. The number of non-ortho nitro benzene ring substituents is 1. The summed E-state index contributed by atoms with van der Waals surface area (Å²) in [7, 11) is 3.89. The number of aromatic nitrogens is 1. The molecule has 0 amide bonds. The second kappa shape index (κ2) is 8.74. The van der Waals surface area contributed by atoms with E-state index in [0.29, 0.717) is 6.54 Å². The molecule has 0 unspecified atom stereocenters. The molecule has 154 valence electrons. The van der Waals surface area contributed by atoms with Crippen LogP contribution in [0, 0.1) is 10.1 Å². The number of nitrogens with zero attached hydrogens (tertiary/aromatic N) is 2. The molecule has 2 N–H and O–H groups in total. The van der Waals surface area contributed by atoms with E-state index in [1.165, 1.54) is 0 Å². The van der Waals surface area contributed by atoms with Crippen molar-refractivity contribution in [1.82, 2.24) is 9.88 Å². The van der Waals surface area contributed by atoms with Gasteiger partial charge in [-0.3, -0.25) is 10.1 Å². The van der Waals surface area contributed by atoms with Gasteiger partial charge in [0, 0.05) is 47.9 Å². The van der Waals surface area contributed by atoms with Crippen LogP contribution in [0.1, 0.15) is 5.69 Å². The van der Waals surface area contributed by atoms with Gasteiger partial charge in [-0.1, -0.05) is 30.3 Å². The summed E-state index contributed by atoms with van der Waals surface area (Å²) < 4.78 is 33.8. The Morgan fingerprint density at radius 1 is 1.21 bits per heavy atom. The van der Waals surface area contributed by atoms with E-state index in [4.69, 9.17) is 9.90 Å². The molecular formula is C19H18F3N3O4. The molecule has 10 heteroatoms. The maximum absolute atomic E-state index is 11.1. The molecule has 0 spiro atoms. The SMILES string of the molecule is CNCc1c(-c2ccccc2)c2cc([N+](=O)[O-])ccc2n1C.O=C(O)C(F)(F)F. The van der Waals surface area contributed by atoms with Gasteiger partial charge in [-0.2, -0.15) is 13.2 Å². The molecule has 0 fully saturated rings. The number of hydrogen-bond donors (Lipinski definition) is 2. The third-order valence-corrected chi connectivity index (χ3v) is 4.16. The highest BCUT2D eigenvalue weighted by Gasteiger charge is 2.38. The van der Waals surface area contributed by atoms with Crippen molar-refractivity contribution in [1.29, 1.82) is 0 Å². The number of hydrogen-bond acceptors (Lipinski definition) is 4. The fraction of sp³-hybridized carbons (Fsp3) is 0.211. The summed E-state index contributed by atoms with van der Waals surface area (Å²) >= 11 is 0. The molecule has 7 nitrogen and oxygen atoms in total. The van der Waals surface area contributed by atoms with Crippen LogP contribution >= 0.6 is 0 Å². The largest absolute Gasteiger partial charge is 0.490 e. The lowest BCUT2D eigenvalue weighted by atomic mass is 10.0. The van der Waals surface area contributed by atoms with Crippen LogP contribution in [0.15, 0.2) is 48.5 Å². The Kier molecular flexibility index (Phi) is 6.60. The van der Waals surface area contributed by atoms with Crippen LogP contribution in [0.25, 0.3) is 22.0 Å². The quantitative estimate of drug-likeness (QED) is 0.499. The normalized spacial score (nSPS) is 11.1. The zero-order valence-electron chi connectivity index (χ0n) is 15.5. The van der Waals surface area contributed by atoms with Crippen LogP contribution in [-0.2, 0) is 18.4 Å². The average Bonchev–Trinajstić information content (AvgIpc) is 2.94. The lowest BCUT2D eigenvalue weighted by molar-refractivity contribution is -0.384. The lowest BCUT2D eigenvalue weighted by Crippen LogP contribution is -2.21. The van der Waals surface area contributed by atoms with E-state index in [1.54, 1.807) is 12.1 Å². The van der Waals surface area contributed by atoms with E-state index >= 15 is 0 Å². The van der Waals surface area contributed by atoms with E-state index in [2.05, 4.69) is 9.88 Å². The molecule has 0 radical (unpaired) electrons. The first-order valence-electron chi connectivity index (χ1n) is 8.33. The van der Waals surface area contributed by atoms with Gasteiger partial charge in [0.25, 0.3) is 5.69 Å². The minimum Gasteiger partial charge on any atom is -0.475 e. The topological polar surface area (TPSA) is 97.4 Å². The number of aliphatic carboxylic acids is 1. The third-order valence-electron chi connectivity index (χ3n) is 4.16.